The van der Waals surface area contributed by atoms with Crippen molar-refractivity contribution >= 4 is 159 Å². The molecule has 0 unspecified atom stereocenters. The molecule has 0 saturated heterocycles. The molecule has 0 fully saturated rings. The van der Waals surface area contributed by atoms with Gasteiger partial charge < -0.3 is 0 Å². The summed E-state index contributed by atoms with van der Waals surface area (Å²) >= 11 is 0. The van der Waals surface area contributed by atoms with Crippen molar-refractivity contribution in [1.82, 2.24) is 0 Å². The van der Waals surface area contributed by atoms with Crippen LogP contribution in [0.5, 0.6) is 0 Å². The predicted molar refractivity (Wildman–Crippen MR) is 41.3 cm³/mol. The summed E-state index contributed by atoms with van der Waals surface area (Å²) in [6.07, 6.45) is 0. The molecule has 0 heterocycles. The van der Waals surface area contributed by atoms with Crippen LogP contribution in [0, 0.1) is 0 Å². The van der Waals surface area contributed by atoms with Gasteiger partial charge in [0.1, 0.15) is 0 Å². The first-order valence-electron chi connectivity index (χ1n) is 0. The smallest absolute Gasteiger partial charge is 0 e. The van der Waals surface area contributed by atoms with Crippen LogP contribution < -0.4 is 0 Å². The number of hydrogen-bond donors (Lipinski definition) is 0. The maximum Gasteiger partial charge on any atom is 0 e. The summed E-state index contributed by atoms with van der Waals surface area (Å²) in [5, 5.41) is 0. The van der Waals surface area contributed by atoms with Crippen molar-refractivity contribution < 1.29 is 70.7 Å². The van der Waals surface area contributed by atoms with Crippen LogP contribution in [0.3, 0.4) is 0 Å². The molecule has 0 saturated carbocycles. The normalized spacial score (nSPS) is 0. The van der Waals surface area contributed by atoms with Crippen LogP contribution in [-0.4, -0.2) is 159 Å². The Kier molecular flexibility index (Phi) is 462. The van der Waals surface area contributed by atoms with Gasteiger partial charge in [-0.3, -0.25) is 0 Å². The van der Waals surface area contributed by atoms with Gasteiger partial charge in [-0.25, -0.2) is 0 Å². The third-order valence-corrected chi connectivity index (χ3v) is 0. The van der Waals surface area contributed by atoms with E-state index in [2.05, 4.69) is 0 Å². The SMILES string of the molecule is [AlH3].[CaH2].[Cu].[Fe].[KH].[MgH2].[Mn].[NaH].[Zn]. The van der Waals surface area contributed by atoms with E-state index in [9.17, 15) is 0 Å². The molecule has 0 aromatic heterocycles. The molecule has 0 aromatic carbocycles. The molecule has 0 aliphatic rings. The molecule has 0 spiro atoms. The molecule has 9 heteroatoms. The van der Waals surface area contributed by atoms with Gasteiger partial charge in [-0.15, -0.1) is 0 Å². The Morgan fingerprint density at radius 1 is 1.00 bits per heavy atom. The summed E-state index contributed by atoms with van der Waals surface area (Å²) in [6.45, 7) is 0. The first-order valence-corrected chi connectivity index (χ1v) is 0. The minimum Gasteiger partial charge on any atom is 0 e. The van der Waals surface area contributed by atoms with Crippen molar-refractivity contribution in [3.8, 4) is 0 Å². The Hall–Kier alpha value is 7.38. The van der Waals surface area contributed by atoms with Crippen molar-refractivity contribution in [2.24, 2.45) is 0 Å². The molecule has 0 rings (SSSR count). The zero-order chi connectivity index (χ0) is 0. The molecule has 0 nitrogen and oxygen atoms in total. The van der Waals surface area contributed by atoms with Crippen molar-refractivity contribution in [1.29, 1.82) is 0 Å². The summed E-state index contributed by atoms with van der Waals surface area (Å²) in [7, 11) is 0. The maximum absolute atomic E-state index is 0. The van der Waals surface area contributed by atoms with Gasteiger partial charge in [0.25, 0.3) is 0 Å². The monoisotopic (exact) mass is 400 g/mol. The van der Waals surface area contributed by atoms with Gasteiger partial charge >= 0.3 is 142 Å². The van der Waals surface area contributed by atoms with Gasteiger partial charge in [0, 0.05) is 70.7 Å². The molecular weight excluding hydrogens is 393 g/mol. The second kappa shape index (κ2) is 58.4. The van der Waals surface area contributed by atoms with Crippen molar-refractivity contribution in [2.75, 3.05) is 0 Å². The second-order valence-corrected chi connectivity index (χ2v) is 0. The standard InChI is InChI=1S/Al.Ca.Cu.Fe.K.Mg.Mn.Na.Zn.9H. The van der Waals surface area contributed by atoms with E-state index in [-0.39, 0.29) is 230 Å². The number of hydrogen-bond acceptors (Lipinski definition) is 0. The van der Waals surface area contributed by atoms with Crippen LogP contribution in [0.25, 0.3) is 0 Å². The Bertz CT molecular complexity index is 28.5. The van der Waals surface area contributed by atoms with Crippen LogP contribution in [0.1, 0.15) is 0 Å². The Labute approximate surface area is 223 Å². The molecule has 0 aromatic rings. The van der Waals surface area contributed by atoms with Crippen molar-refractivity contribution in [3.63, 3.8) is 0 Å². The predicted octanol–water partition coefficient (Wildman–Crippen LogP) is -4.32. The van der Waals surface area contributed by atoms with E-state index < -0.39 is 0 Å². The quantitative estimate of drug-likeness (QED) is 0.360. The molecule has 0 amide bonds. The van der Waals surface area contributed by atoms with E-state index in [4.69, 9.17) is 0 Å². The fourth-order valence-corrected chi connectivity index (χ4v) is 0. The summed E-state index contributed by atoms with van der Waals surface area (Å²) in [6, 6.07) is 0. The molecular formula is H9AlCaCuFeKMgMnNaZn. The molecule has 0 N–H and O–H groups in total. The molecule has 2 radical (unpaired) electrons. The topological polar surface area (TPSA) is 0 Å². The molecule has 0 atom stereocenters. The molecule has 0 aliphatic heterocycles. The second-order valence-electron chi connectivity index (χ2n) is 0. The van der Waals surface area contributed by atoms with Crippen LogP contribution in [0.4, 0.5) is 0 Å². The van der Waals surface area contributed by atoms with Gasteiger partial charge in [-0.1, -0.05) is 0 Å². The summed E-state index contributed by atoms with van der Waals surface area (Å²) < 4.78 is 0. The third-order valence-electron chi connectivity index (χ3n) is 0. The maximum atomic E-state index is 0. The molecule has 0 aliphatic carbocycles. The zero-order valence-electron chi connectivity index (χ0n) is 1.74. The van der Waals surface area contributed by atoms with E-state index in [1.54, 1.807) is 0 Å². The van der Waals surface area contributed by atoms with Crippen LogP contribution in [-0.2, 0) is 70.7 Å². The van der Waals surface area contributed by atoms with E-state index in [0.717, 1.165) is 0 Å². The van der Waals surface area contributed by atoms with Crippen molar-refractivity contribution in [2.45, 2.75) is 0 Å². The van der Waals surface area contributed by atoms with Crippen LogP contribution in [0.15, 0.2) is 0 Å². The van der Waals surface area contributed by atoms with E-state index in [1.807, 2.05) is 0 Å². The van der Waals surface area contributed by atoms with Gasteiger partial charge in [0.05, 0.1) is 0 Å². The summed E-state index contributed by atoms with van der Waals surface area (Å²) in [4.78, 5) is 0. The minimum atomic E-state index is 0. The Morgan fingerprint density at radius 3 is 1.00 bits per heavy atom. The minimum absolute atomic E-state index is 0. The Balaban J connectivity index is 0. The van der Waals surface area contributed by atoms with E-state index in [0.29, 0.717) is 0 Å². The fourth-order valence-electron chi connectivity index (χ4n) is 0. The first kappa shape index (κ1) is 71.2. The summed E-state index contributed by atoms with van der Waals surface area (Å²) in [5.74, 6) is 0. The fraction of sp³-hybridized carbons (Fsp3) is 0. The van der Waals surface area contributed by atoms with Crippen LogP contribution >= 0.6 is 0 Å². The van der Waals surface area contributed by atoms with Gasteiger partial charge in [0.2, 0.25) is 0 Å². The van der Waals surface area contributed by atoms with Gasteiger partial charge in [0.15, 0.2) is 17.4 Å². The third kappa shape index (κ3) is 50.6. The van der Waals surface area contributed by atoms with Gasteiger partial charge in [-0.05, 0) is 0 Å². The summed E-state index contributed by atoms with van der Waals surface area (Å²) in [5.41, 5.74) is 0. The number of rotatable bonds is 0. The van der Waals surface area contributed by atoms with Crippen LogP contribution in [0.2, 0.25) is 0 Å². The average Bonchev–Trinajstić information content (AvgIpc) is 0. The largest absolute Gasteiger partial charge is 0 e. The molecule has 9 heavy (non-hydrogen) atoms. The average molecular weight is 402 g/mol. The molecule has 46 valence electrons. The van der Waals surface area contributed by atoms with E-state index >= 15 is 0 Å². The Morgan fingerprint density at radius 2 is 1.00 bits per heavy atom. The van der Waals surface area contributed by atoms with Crippen molar-refractivity contribution in [3.05, 3.63) is 0 Å². The van der Waals surface area contributed by atoms with E-state index in [1.165, 1.54) is 0 Å². The first-order chi connectivity index (χ1) is 0. The molecule has 0 bridgehead atoms. The van der Waals surface area contributed by atoms with Gasteiger partial charge in [-0.2, -0.15) is 0 Å². The zero-order valence-corrected chi connectivity index (χ0v) is 7.93.